The summed E-state index contributed by atoms with van der Waals surface area (Å²) in [5.41, 5.74) is 1.41. The number of aliphatic hydroxyl groups excluding tert-OH is 2. The molecule has 5 heterocycles. The van der Waals surface area contributed by atoms with Crippen LogP contribution >= 0.6 is 22.7 Å². The first-order valence-corrected chi connectivity index (χ1v) is 17.8. The molecule has 0 aliphatic carbocycles. The Labute approximate surface area is 289 Å². The molecular weight excluding hydrogens is 680 g/mol. The van der Waals surface area contributed by atoms with Crippen molar-refractivity contribution in [1.29, 1.82) is 0 Å². The van der Waals surface area contributed by atoms with Gasteiger partial charge in [0, 0.05) is 66.9 Å². The maximum Gasteiger partial charge on any atom is 0.405 e. The number of nitrogens with zero attached hydrogens (tertiary/aromatic N) is 3. The average Bonchev–Trinajstić information content (AvgIpc) is 3.67. The first kappa shape index (κ1) is 35.2. The number of pyridine rings is 1. The number of nitrogens with one attached hydrogen (secondary N) is 2. The molecular formula is C34H38F3N5O5S2. The second-order valence-corrected chi connectivity index (χ2v) is 14.8. The van der Waals surface area contributed by atoms with Crippen molar-refractivity contribution >= 4 is 43.9 Å². The molecule has 49 heavy (non-hydrogen) atoms. The summed E-state index contributed by atoms with van der Waals surface area (Å²) < 4.78 is 46.0. The molecule has 0 bridgehead atoms. The number of rotatable bonds is 12. The van der Waals surface area contributed by atoms with Crippen LogP contribution in [0.25, 0.3) is 9.40 Å². The number of carbonyl (C=O) groups is 2. The largest absolute Gasteiger partial charge is 0.490 e. The Hall–Kier alpha value is -3.60. The maximum absolute atomic E-state index is 13.8. The topological polar surface area (TPSA) is 127 Å². The Kier molecular flexibility index (Phi) is 11.2. The van der Waals surface area contributed by atoms with E-state index in [0.29, 0.717) is 30.9 Å². The zero-order chi connectivity index (χ0) is 34.5. The number of ether oxygens (including phenoxy) is 1. The third kappa shape index (κ3) is 9.15. The summed E-state index contributed by atoms with van der Waals surface area (Å²) in [4.78, 5) is 36.0. The van der Waals surface area contributed by atoms with Crippen molar-refractivity contribution in [3.63, 3.8) is 0 Å². The molecule has 2 aliphatic heterocycles. The minimum atomic E-state index is -4.57. The first-order valence-electron chi connectivity index (χ1n) is 16.1. The smallest absolute Gasteiger partial charge is 0.405 e. The van der Waals surface area contributed by atoms with Gasteiger partial charge >= 0.3 is 6.18 Å². The van der Waals surface area contributed by atoms with Crippen LogP contribution < -0.4 is 15.4 Å². The van der Waals surface area contributed by atoms with E-state index in [2.05, 4.69) is 16.4 Å². The highest BCUT2D eigenvalue weighted by atomic mass is 32.2. The monoisotopic (exact) mass is 717 g/mol. The second-order valence-electron chi connectivity index (χ2n) is 12.5. The van der Waals surface area contributed by atoms with Gasteiger partial charge in [-0.3, -0.25) is 24.4 Å². The number of amides is 2. The molecule has 6 rings (SSSR count). The van der Waals surface area contributed by atoms with Crippen molar-refractivity contribution < 1.29 is 37.7 Å². The van der Waals surface area contributed by atoms with Crippen molar-refractivity contribution in [2.45, 2.75) is 49.9 Å². The number of hydrogen-bond donors (Lipinski definition) is 4. The molecule has 0 saturated carbocycles. The molecule has 2 amide bonds. The molecule has 262 valence electrons. The van der Waals surface area contributed by atoms with E-state index in [9.17, 15) is 33.0 Å². The van der Waals surface area contributed by atoms with E-state index in [1.165, 1.54) is 4.01 Å². The van der Waals surface area contributed by atoms with E-state index in [-0.39, 0.29) is 38.4 Å². The van der Waals surface area contributed by atoms with Gasteiger partial charge in [-0.25, -0.2) is 0 Å². The van der Waals surface area contributed by atoms with Gasteiger partial charge in [0.1, 0.15) is 31.0 Å². The minimum absolute atomic E-state index is 0.00469. The van der Waals surface area contributed by atoms with Gasteiger partial charge in [-0.05, 0) is 48.1 Å². The number of thiophene rings is 2. The normalized spacial score (nSPS) is 21.4. The number of benzene rings is 1. The van der Waals surface area contributed by atoms with Gasteiger partial charge in [-0.2, -0.15) is 13.2 Å². The van der Waals surface area contributed by atoms with Crippen LogP contribution in [0.1, 0.15) is 28.5 Å². The van der Waals surface area contributed by atoms with Crippen LogP contribution in [-0.4, -0.2) is 101 Å². The summed E-state index contributed by atoms with van der Waals surface area (Å²) in [6.07, 6.45) is -3.13. The highest BCUT2D eigenvalue weighted by Gasteiger charge is 2.38. The fourth-order valence-corrected chi connectivity index (χ4v) is 8.66. The van der Waals surface area contributed by atoms with Crippen LogP contribution in [0.15, 0.2) is 66.3 Å². The Morgan fingerprint density at radius 3 is 2.76 bits per heavy atom. The van der Waals surface area contributed by atoms with Crippen LogP contribution in [0.5, 0.6) is 5.75 Å². The standard InChI is InChI=1S/C34H38F3N5O5S2/c35-34(36,37)20-39-32(46)27-18-41(17-25-14-22-7-11-48-33(22)49-25)9-10-42(27)16-24(43)13-23(12-21-4-3-8-38-15-21)31(45)40-30-26-5-1-2-6-29(26)47-19-28(30)44/h1-8,11,14-15,23-24,27-28,30,43-44H,9-10,12-13,16-20H2,(H,39,46)(H,40,45)/t23-,24+,27+,28?,30+/m1/s1. The molecule has 1 fully saturated rings. The van der Waals surface area contributed by atoms with Gasteiger partial charge in [0.2, 0.25) is 11.8 Å². The number of fused-ring (bicyclic) bond motifs is 2. The lowest BCUT2D eigenvalue weighted by Gasteiger charge is -2.41. The number of β-amino-alcohol motifs (C(OH)–C–C–N with tert-alkyl or cyclic N) is 1. The van der Waals surface area contributed by atoms with Gasteiger partial charge in [0.05, 0.1) is 16.2 Å². The van der Waals surface area contributed by atoms with Crippen molar-refractivity contribution in [3.05, 3.63) is 82.3 Å². The van der Waals surface area contributed by atoms with Gasteiger partial charge in [0.25, 0.3) is 0 Å². The van der Waals surface area contributed by atoms with E-state index in [4.69, 9.17) is 4.74 Å². The third-order valence-electron chi connectivity index (χ3n) is 8.84. The lowest BCUT2D eigenvalue weighted by molar-refractivity contribution is -0.143. The van der Waals surface area contributed by atoms with E-state index in [0.717, 1.165) is 15.8 Å². The maximum atomic E-state index is 13.8. The molecule has 3 aromatic heterocycles. The second kappa shape index (κ2) is 15.5. The number of hydrogen-bond acceptors (Lipinski definition) is 10. The molecule has 0 radical (unpaired) electrons. The Bertz CT molecular complexity index is 1690. The zero-order valence-electron chi connectivity index (χ0n) is 26.5. The molecule has 2 aliphatic rings. The fraction of sp³-hybridized carbons (Fsp3) is 0.441. The number of carbonyl (C=O) groups excluding carboxylic acids is 2. The molecule has 1 aromatic carbocycles. The summed E-state index contributed by atoms with van der Waals surface area (Å²) in [6, 6.07) is 13.2. The zero-order valence-corrected chi connectivity index (χ0v) is 28.1. The van der Waals surface area contributed by atoms with Crippen molar-refractivity contribution in [2.75, 3.05) is 39.3 Å². The van der Waals surface area contributed by atoms with E-state index < -0.39 is 48.8 Å². The Morgan fingerprint density at radius 2 is 1.98 bits per heavy atom. The number of piperazine rings is 1. The summed E-state index contributed by atoms with van der Waals surface area (Å²) in [5, 5.41) is 30.3. The predicted octanol–water partition coefficient (Wildman–Crippen LogP) is 3.74. The third-order valence-corrected chi connectivity index (χ3v) is 11.0. The van der Waals surface area contributed by atoms with Crippen LogP contribution in [0.3, 0.4) is 0 Å². The number of aliphatic hydroxyl groups is 2. The number of halogens is 3. The van der Waals surface area contributed by atoms with E-state index >= 15 is 0 Å². The van der Waals surface area contributed by atoms with Crippen molar-refractivity contribution in [1.82, 2.24) is 25.4 Å². The fourth-order valence-electron chi connectivity index (χ4n) is 6.46. The molecule has 15 heteroatoms. The van der Waals surface area contributed by atoms with Crippen molar-refractivity contribution in [2.24, 2.45) is 5.92 Å². The lowest BCUT2D eigenvalue weighted by Crippen LogP contribution is -2.60. The quantitative estimate of drug-likeness (QED) is 0.175. The molecule has 10 nitrogen and oxygen atoms in total. The first-order chi connectivity index (χ1) is 23.5. The molecule has 1 saturated heterocycles. The highest BCUT2D eigenvalue weighted by molar-refractivity contribution is 7.37. The summed E-state index contributed by atoms with van der Waals surface area (Å²) in [5.74, 6) is -1.33. The Balaban J connectivity index is 1.15. The van der Waals surface area contributed by atoms with Crippen LogP contribution in [0, 0.1) is 5.92 Å². The van der Waals surface area contributed by atoms with E-state index in [1.54, 1.807) is 70.3 Å². The lowest BCUT2D eigenvalue weighted by atomic mass is 9.91. The van der Waals surface area contributed by atoms with Gasteiger partial charge in [-0.1, -0.05) is 24.3 Å². The van der Waals surface area contributed by atoms with Crippen molar-refractivity contribution in [3.8, 4) is 5.75 Å². The van der Waals surface area contributed by atoms with E-state index in [1.807, 2.05) is 27.7 Å². The van der Waals surface area contributed by atoms with Crippen LogP contribution in [-0.2, 0) is 22.6 Å². The average molecular weight is 718 g/mol. The number of alkyl halides is 3. The number of para-hydroxylation sites is 1. The van der Waals surface area contributed by atoms with Gasteiger partial charge < -0.3 is 25.6 Å². The SMILES string of the molecule is O=C(N[C@H]1c2ccccc2OCC1O)[C@H](Cc1cccnc1)C[C@H](O)CN1CCN(Cc2cc3ccsc3s2)C[C@H]1C(=O)NCC(F)(F)F. The molecule has 5 atom stereocenters. The Morgan fingerprint density at radius 1 is 1.14 bits per heavy atom. The molecule has 4 aromatic rings. The summed E-state index contributed by atoms with van der Waals surface area (Å²) >= 11 is 3.31. The summed E-state index contributed by atoms with van der Waals surface area (Å²) in [6.45, 7) is 0.156. The predicted molar refractivity (Wildman–Crippen MR) is 180 cm³/mol. The van der Waals surface area contributed by atoms with Crippen LogP contribution in [0.4, 0.5) is 13.2 Å². The minimum Gasteiger partial charge on any atom is -0.490 e. The molecule has 1 unspecified atom stereocenters. The molecule has 4 N–H and O–H groups in total. The highest BCUT2D eigenvalue weighted by Crippen LogP contribution is 2.33. The summed E-state index contributed by atoms with van der Waals surface area (Å²) in [7, 11) is 0. The van der Waals surface area contributed by atoms with Crippen LogP contribution in [0.2, 0.25) is 0 Å². The number of aromatic nitrogens is 1. The van der Waals surface area contributed by atoms with Gasteiger partial charge in [-0.15, -0.1) is 22.7 Å². The van der Waals surface area contributed by atoms with Gasteiger partial charge in [0.15, 0.2) is 0 Å². The molecule has 0 spiro atoms.